The van der Waals surface area contributed by atoms with Gasteiger partial charge in [0.15, 0.2) is 0 Å². The summed E-state index contributed by atoms with van der Waals surface area (Å²) in [5.74, 6) is 0.0748. The number of rotatable bonds is 9. The molecule has 7 aromatic rings. The molecule has 0 saturated carbocycles. The number of nitrogens with zero attached hydrogens (tertiary/aromatic N) is 2. The molecule has 1 aromatic heterocycles. The molecule has 0 atom stereocenters. The quantitative estimate of drug-likeness (QED) is 0.108. The largest absolute Gasteiger partial charge is 0.249 e. The molecule has 0 bridgehead atoms. The van der Waals surface area contributed by atoms with Crippen molar-refractivity contribution in [2.24, 2.45) is 0 Å². The summed E-state index contributed by atoms with van der Waals surface area (Å²) in [6.45, 7) is 14.3. The molecular weight excluding hydrogens is 605 g/mol. The zero-order chi connectivity index (χ0) is 34.8. The Balaban J connectivity index is 1.55. The molecule has 6 aromatic carbocycles. The molecule has 0 unspecified atom stereocenters. The first kappa shape index (κ1) is 33.0. The van der Waals surface area contributed by atoms with Crippen LogP contribution in [0.3, 0.4) is 0 Å². The van der Waals surface area contributed by atoms with Gasteiger partial charge >= 0.3 is 0 Å². The number of aromatic nitrogens is 2. The third-order valence-corrected chi connectivity index (χ3v) is 10.4. The van der Waals surface area contributed by atoms with Gasteiger partial charge in [0.1, 0.15) is 23.6 Å². The molecule has 2 heteroatoms. The van der Waals surface area contributed by atoms with E-state index in [1.807, 2.05) is 0 Å². The predicted molar refractivity (Wildman–Crippen MR) is 208 cm³/mol. The Labute approximate surface area is 298 Å². The number of benzene rings is 6. The van der Waals surface area contributed by atoms with E-state index in [1.54, 1.807) is 0 Å². The van der Waals surface area contributed by atoms with Crippen molar-refractivity contribution in [2.45, 2.75) is 59.9 Å². The molecule has 2 nitrogen and oxygen atoms in total. The summed E-state index contributed by atoms with van der Waals surface area (Å²) < 4.78 is 4.95. The molecule has 0 aliphatic carbocycles. The van der Waals surface area contributed by atoms with Crippen LogP contribution in [0, 0.1) is 41.5 Å². The Kier molecular flexibility index (Phi) is 9.37. The fourth-order valence-corrected chi connectivity index (χ4v) is 7.95. The average Bonchev–Trinajstić information content (AvgIpc) is 3.40. The highest BCUT2D eigenvalue weighted by molar-refractivity contribution is 5.62. The van der Waals surface area contributed by atoms with Gasteiger partial charge in [0, 0.05) is 36.8 Å². The van der Waals surface area contributed by atoms with E-state index >= 15 is 0 Å². The number of hydrogen-bond acceptors (Lipinski definition) is 0. The van der Waals surface area contributed by atoms with E-state index in [4.69, 9.17) is 0 Å². The fraction of sp³-hybridized carbons (Fsp3) is 0.188. The monoisotopic (exact) mass is 651 g/mol. The van der Waals surface area contributed by atoms with Crippen LogP contribution in [-0.4, -0.2) is 4.57 Å². The Morgan fingerprint density at radius 1 is 0.480 bits per heavy atom. The number of imidazole rings is 1. The lowest BCUT2D eigenvalue weighted by molar-refractivity contribution is -0.693. The summed E-state index contributed by atoms with van der Waals surface area (Å²) >= 11 is 0. The molecule has 7 rings (SSSR count). The first-order valence-corrected chi connectivity index (χ1v) is 17.8. The SMILES string of the molecule is Cc1cc(C)c(C[n+]2cn(-c3c(C(c4ccccc4)c4ccccc4)cc(C)cc3C(c3ccccc3)c3ccccc3)c(C)c2C)c(C)c1. The minimum atomic E-state index is 0.0374. The van der Waals surface area contributed by atoms with Crippen molar-refractivity contribution in [3.8, 4) is 5.69 Å². The van der Waals surface area contributed by atoms with Crippen LogP contribution in [0.25, 0.3) is 5.69 Å². The molecule has 248 valence electrons. The second-order valence-corrected chi connectivity index (χ2v) is 14.0. The zero-order valence-corrected chi connectivity index (χ0v) is 30.2. The topological polar surface area (TPSA) is 8.81 Å². The molecular formula is C48H47N2+. The van der Waals surface area contributed by atoms with Gasteiger partial charge < -0.3 is 0 Å². The van der Waals surface area contributed by atoms with Crippen LogP contribution in [0.1, 0.15) is 84.4 Å². The van der Waals surface area contributed by atoms with Gasteiger partial charge in [-0.2, -0.15) is 4.57 Å². The lowest BCUT2D eigenvalue weighted by Gasteiger charge is -2.27. The van der Waals surface area contributed by atoms with Crippen molar-refractivity contribution >= 4 is 0 Å². The van der Waals surface area contributed by atoms with Crippen molar-refractivity contribution in [2.75, 3.05) is 0 Å². The van der Waals surface area contributed by atoms with Crippen LogP contribution in [0.5, 0.6) is 0 Å². The Hall–Kier alpha value is -5.47. The third-order valence-electron chi connectivity index (χ3n) is 10.4. The Morgan fingerprint density at radius 2 is 0.840 bits per heavy atom. The number of aryl methyl sites for hydroxylation is 4. The smallest absolute Gasteiger partial charge is 0.229 e. The van der Waals surface area contributed by atoms with Crippen molar-refractivity contribution < 1.29 is 4.57 Å². The summed E-state index contributed by atoms with van der Waals surface area (Å²) in [5.41, 5.74) is 18.2. The van der Waals surface area contributed by atoms with E-state index in [2.05, 4.69) is 203 Å². The lowest BCUT2D eigenvalue weighted by Crippen LogP contribution is -2.36. The van der Waals surface area contributed by atoms with Gasteiger partial charge in [-0.25, -0.2) is 4.57 Å². The molecule has 0 saturated heterocycles. The van der Waals surface area contributed by atoms with E-state index in [-0.39, 0.29) is 11.8 Å². The molecule has 50 heavy (non-hydrogen) atoms. The van der Waals surface area contributed by atoms with Gasteiger partial charge in [-0.1, -0.05) is 157 Å². The lowest BCUT2D eigenvalue weighted by atomic mass is 9.78. The Morgan fingerprint density at radius 3 is 1.22 bits per heavy atom. The van der Waals surface area contributed by atoms with E-state index in [1.165, 1.54) is 78.3 Å². The zero-order valence-electron chi connectivity index (χ0n) is 30.2. The second-order valence-electron chi connectivity index (χ2n) is 14.0. The summed E-state index contributed by atoms with van der Waals surface area (Å²) in [6, 6.07) is 53.6. The molecule has 0 N–H and O–H groups in total. The van der Waals surface area contributed by atoms with E-state index < -0.39 is 0 Å². The maximum atomic E-state index is 2.50. The molecule has 0 aliphatic heterocycles. The van der Waals surface area contributed by atoms with E-state index in [0.29, 0.717) is 0 Å². The average molecular weight is 652 g/mol. The third kappa shape index (κ3) is 6.46. The van der Waals surface area contributed by atoms with Crippen LogP contribution in [-0.2, 0) is 6.54 Å². The summed E-state index contributed by atoms with van der Waals surface area (Å²) in [4.78, 5) is 0. The van der Waals surface area contributed by atoms with Crippen LogP contribution in [0.2, 0.25) is 0 Å². The highest BCUT2D eigenvalue weighted by atomic mass is 15.1. The minimum absolute atomic E-state index is 0.0374. The highest BCUT2D eigenvalue weighted by Gasteiger charge is 2.32. The maximum absolute atomic E-state index is 2.50. The minimum Gasteiger partial charge on any atom is -0.229 e. The second kappa shape index (κ2) is 14.2. The standard InChI is InChI=1S/C48H47N2/c1-33-27-35(3)45(36(4)28-33)31-49-32-50(38(6)37(49)5)48-43(46(39-19-11-7-12-20-39)40-21-13-8-14-22-40)29-34(2)30-44(48)47(41-23-15-9-16-24-41)42-25-17-10-18-26-42/h7-30,32,46-47H,31H2,1-6H3/q+1. The molecule has 0 amide bonds. The van der Waals surface area contributed by atoms with Crippen LogP contribution in [0.15, 0.2) is 152 Å². The van der Waals surface area contributed by atoms with Gasteiger partial charge in [0.25, 0.3) is 0 Å². The first-order chi connectivity index (χ1) is 24.3. The van der Waals surface area contributed by atoms with Crippen molar-refractivity contribution in [1.82, 2.24) is 4.57 Å². The Bertz CT molecular complexity index is 2020. The van der Waals surface area contributed by atoms with Gasteiger partial charge in [0.05, 0.1) is 0 Å². The van der Waals surface area contributed by atoms with Gasteiger partial charge in [0.2, 0.25) is 6.33 Å². The van der Waals surface area contributed by atoms with Crippen LogP contribution in [0.4, 0.5) is 0 Å². The highest BCUT2D eigenvalue weighted by Crippen LogP contribution is 2.43. The van der Waals surface area contributed by atoms with Gasteiger partial charge in [-0.05, 0) is 66.6 Å². The van der Waals surface area contributed by atoms with Crippen molar-refractivity contribution in [1.29, 1.82) is 0 Å². The summed E-state index contributed by atoms with van der Waals surface area (Å²) in [7, 11) is 0. The van der Waals surface area contributed by atoms with E-state index in [9.17, 15) is 0 Å². The van der Waals surface area contributed by atoms with E-state index in [0.717, 1.165) is 6.54 Å². The normalized spacial score (nSPS) is 11.4. The molecule has 0 aliphatic rings. The first-order valence-electron chi connectivity index (χ1n) is 17.8. The number of hydrogen-bond donors (Lipinski definition) is 0. The molecule has 0 fully saturated rings. The maximum Gasteiger partial charge on any atom is 0.249 e. The van der Waals surface area contributed by atoms with Crippen LogP contribution >= 0.6 is 0 Å². The summed E-state index contributed by atoms with van der Waals surface area (Å²) in [6.07, 6.45) is 2.36. The van der Waals surface area contributed by atoms with Crippen molar-refractivity contribution in [3.05, 3.63) is 225 Å². The van der Waals surface area contributed by atoms with Gasteiger partial charge in [-0.3, -0.25) is 0 Å². The fourth-order valence-electron chi connectivity index (χ4n) is 7.95. The predicted octanol–water partition coefficient (Wildman–Crippen LogP) is 11.0. The van der Waals surface area contributed by atoms with Crippen molar-refractivity contribution in [3.63, 3.8) is 0 Å². The molecule has 0 spiro atoms. The summed E-state index contributed by atoms with van der Waals surface area (Å²) in [5, 5.41) is 0. The molecule has 0 radical (unpaired) electrons. The molecule has 1 heterocycles. The van der Waals surface area contributed by atoms with Gasteiger partial charge in [-0.15, -0.1) is 0 Å². The van der Waals surface area contributed by atoms with Crippen LogP contribution < -0.4 is 4.57 Å².